The summed E-state index contributed by atoms with van der Waals surface area (Å²) in [6, 6.07) is 3.64. The van der Waals surface area contributed by atoms with Crippen LogP contribution in [0.1, 0.15) is 22.3 Å². The molecule has 0 aliphatic rings. The van der Waals surface area contributed by atoms with Gasteiger partial charge in [0, 0.05) is 5.56 Å². The van der Waals surface area contributed by atoms with E-state index in [1.807, 2.05) is 13.0 Å². The van der Waals surface area contributed by atoms with E-state index in [0.717, 1.165) is 21.4 Å². The second-order valence-electron chi connectivity index (χ2n) is 4.16. The molecular formula is C14H14BrNO4S. The molecule has 0 spiro atoms. The van der Waals surface area contributed by atoms with Crippen LogP contribution >= 0.6 is 27.3 Å². The quantitative estimate of drug-likeness (QED) is 0.860. The molecule has 0 amide bonds. The predicted molar refractivity (Wildman–Crippen MR) is 84.7 cm³/mol. The number of methoxy groups -OCH3 is 1. The highest BCUT2D eigenvalue weighted by atomic mass is 79.9. The Morgan fingerprint density at radius 2 is 2.19 bits per heavy atom. The van der Waals surface area contributed by atoms with E-state index >= 15 is 0 Å². The zero-order valence-electron chi connectivity index (χ0n) is 11.8. The third-order valence-corrected chi connectivity index (χ3v) is 4.53. The smallest absolute Gasteiger partial charge is 0.347 e. The summed E-state index contributed by atoms with van der Waals surface area (Å²) in [6.45, 7) is 4.07. The van der Waals surface area contributed by atoms with E-state index < -0.39 is 5.97 Å². The first kappa shape index (κ1) is 15.8. The third kappa shape index (κ3) is 3.19. The van der Waals surface area contributed by atoms with Gasteiger partial charge in [-0.05, 0) is 41.9 Å². The van der Waals surface area contributed by atoms with Crippen molar-refractivity contribution >= 4 is 33.2 Å². The van der Waals surface area contributed by atoms with Crippen LogP contribution in [0.15, 0.2) is 16.6 Å². The molecule has 0 fully saturated rings. The predicted octanol–water partition coefficient (Wildman–Crippen LogP) is 3.99. The van der Waals surface area contributed by atoms with Gasteiger partial charge in [0.2, 0.25) is 0 Å². The van der Waals surface area contributed by atoms with Crippen molar-refractivity contribution < 1.29 is 19.4 Å². The summed E-state index contributed by atoms with van der Waals surface area (Å²) in [4.78, 5) is 15.7. The fourth-order valence-corrected chi connectivity index (χ4v) is 3.37. The number of aromatic nitrogens is 1. The maximum Gasteiger partial charge on any atom is 0.347 e. The number of thiazole rings is 1. The number of ether oxygens (including phenoxy) is 2. The molecular weight excluding hydrogens is 358 g/mol. The maximum absolute atomic E-state index is 11.1. The number of halogens is 1. The van der Waals surface area contributed by atoms with Gasteiger partial charge in [-0.15, -0.1) is 11.3 Å². The maximum atomic E-state index is 11.1. The molecule has 0 unspecified atom stereocenters. The number of carboxylic acid groups (broad SMARTS) is 1. The number of aromatic carboxylic acids is 1. The Morgan fingerprint density at radius 1 is 1.48 bits per heavy atom. The van der Waals surface area contributed by atoms with Gasteiger partial charge in [-0.3, -0.25) is 0 Å². The summed E-state index contributed by atoms with van der Waals surface area (Å²) in [6.07, 6.45) is 0. The molecule has 0 saturated carbocycles. The van der Waals surface area contributed by atoms with Crippen molar-refractivity contribution in [3.05, 3.63) is 27.2 Å². The summed E-state index contributed by atoms with van der Waals surface area (Å²) in [5.41, 5.74) is 1.29. The van der Waals surface area contributed by atoms with E-state index in [9.17, 15) is 4.79 Å². The lowest BCUT2D eigenvalue weighted by Gasteiger charge is -2.12. The van der Waals surface area contributed by atoms with Gasteiger partial charge in [0.25, 0.3) is 0 Å². The molecule has 0 aliphatic heterocycles. The van der Waals surface area contributed by atoms with Gasteiger partial charge in [-0.25, -0.2) is 9.78 Å². The Bertz CT molecular complexity index is 684. The fourth-order valence-electron chi connectivity index (χ4n) is 1.87. The zero-order chi connectivity index (χ0) is 15.6. The highest BCUT2D eigenvalue weighted by Crippen LogP contribution is 2.40. The van der Waals surface area contributed by atoms with E-state index in [4.69, 9.17) is 14.6 Å². The summed E-state index contributed by atoms with van der Waals surface area (Å²) in [7, 11) is 1.57. The number of carbonyl (C=O) groups is 1. The van der Waals surface area contributed by atoms with Gasteiger partial charge in [-0.1, -0.05) is 0 Å². The second-order valence-corrected chi connectivity index (χ2v) is 6.01. The molecule has 0 aliphatic carbocycles. The van der Waals surface area contributed by atoms with Crippen LogP contribution in [0.5, 0.6) is 11.5 Å². The molecule has 1 aromatic carbocycles. The van der Waals surface area contributed by atoms with Gasteiger partial charge in [-0.2, -0.15) is 0 Å². The summed E-state index contributed by atoms with van der Waals surface area (Å²) in [5, 5.41) is 9.75. The second kappa shape index (κ2) is 6.44. The van der Waals surface area contributed by atoms with E-state index in [1.165, 1.54) is 0 Å². The molecule has 21 heavy (non-hydrogen) atoms. The van der Waals surface area contributed by atoms with Gasteiger partial charge < -0.3 is 14.6 Å². The summed E-state index contributed by atoms with van der Waals surface area (Å²) >= 11 is 4.58. The first-order valence-corrected chi connectivity index (χ1v) is 7.80. The lowest BCUT2D eigenvalue weighted by atomic mass is 10.2. The molecule has 0 saturated heterocycles. The van der Waals surface area contributed by atoms with Gasteiger partial charge in [0.05, 0.1) is 23.9 Å². The Morgan fingerprint density at radius 3 is 2.71 bits per heavy atom. The van der Waals surface area contributed by atoms with Crippen LogP contribution < -0.4 is 9.47 Å². The molecule has 1 aromatic heterocycles. The largest absolute Gasteiger partial charge is 0.492 e. The highest BCUT2D eigenvalue weighted by Gasteiger charge is 2.18. The number of hydrogen-bond donors (Lipinski definition) is 1. The van der Waals surface area contributed by atoms with E-state index in [-0.39, 0.29) is 4.88 Å². The molecule has 1 heterocycles. The molecule has 112 valence electrons. The molecule has 2 rings (SSSR count). The standard InChI is InChI=1S/C14H14BrNO4S/c1-4-20-10-6-8(5-9(15)11(10)19-3)13-16-7(2)12(21-13)14(17)18/h5-6H,4H2,1-3H3,(H,17,18). The molecule has 2 aromatic rings. The molecule has 0 atom stereocenters. The lowest BCUT2D eigenvalue weighted by molar-refractivity contribution is 0.0701. The van der Waals surface area contributed by atoms with E-state index in [0.29, 0.717) is 28.8 Å². The average molecular weight is 372 g/mol. The number of benzene rings is 1. The molecule has 0 bridgehead atoms. The van der Waals surface area contributed by atoms with Crippen molar-refractivity contribution in [1.29, 1.82) is 0 Å². The van der Waals surface area contributed by atoms with Gasteiger partial charge in [0.1, 0.15) is 9.88 Å². The monoisotopic (exact) mass is 371 g/mol. The third-order valence-electron chi connectivity index (χ3n) is 2.75. The van der Waals surface area contributed by atoms with Crippen LogP contribution in [0, 0.1) is 6.92 Å². The topological polar surface area (TPSA) is 68.7 Å². The minimum atomic E-state index is -0.964. The van der Waals surface area contributed by atoms with Crippen LogP contribution in [-0.4, -0.2) is 29.8 Å². The zero-order valence-corrected chi connectivity index (χ0v) is 14.2. The summed E-state index contributed by atoms with van der Waals surface area (Å²) < 4.78 is 11.6. The minimum Gasteiger partial charge on any atom is -0.492 e. The number of carboxylic acids is 1. The highest BCUT2D eigenvalue weighted by molar-refractivity contribution is 9.10. The number of hydrogen-bond acceptors (Lipinski definition) is 5. The lowest BCUT2D eigenvalue weighted by Crippen LogP contribution is -1.96. The van der Waals surface area contributed by atoms with Crippen LogP contribution in [0.3, 0.4) is 0 Å². The van der Waals surface area contributed by atoms with Crippen molar-refractivity contribution in [3.8, 4) is 22.1 Å². The van der Waals surface area contributed by atoms with E-state index in [2.05, 4.69) is 20.9 Å². The molecule has 7 heteroatoms. The van der Waals surface area contributed by atoms with Crippen molar-refractivity contribution in [2.24, 2.45) is 0 Å². The van der Waals surface area contributed by atoms with Crippen LogP contribution in [0.25, 0.3) is 10.6 Å². The molecule has 0 radical (unpaired) electrons. The van der Waals surface area contributed by atoms with Crippen LogP contribution in [0.4, 0.5) is 0 Å². The first-order chi connectivity index (χ1) is 9.97. The Hall–Kier alpha value is -1.60. The van der Waals surface area contributed by atoms with Crippen molar-refractivity contribution in [2.45, 2.75) is 13.8 Å². The number of nitrogens with zero attached hydrogens (tertiary/aromatic N) is 1. The fraction of sp³-hybridized carbons (Fsp3) is 0.286. The Kier molecular flexibility index (Phi) is 4.84. The molecule has 5 nitrogen and oxygen atoms in total. The van der Waals surface area contributed by atoms with Crippen LogP contribution in [-0.2, 0) is 0 Å². The first-order valence-electron chi connectivity index (χ1n) is 6.19. The van der Waals surface area contributed by atoms with Crippen molar-refractivity contribution in [2.75, 3.05) is 13.7 Å². The minimum absolute atomic E-state index is 0.245. The van der Waals surface area contributed by atoms with E-state index in [1.54, 1.807) is 20.1 Å². The summed E-state index contributed by atoms with van der Waals surface area (Å²) in [5.74, 6) is 0.232. The molecule has 1 N–H and O–H groups in total. The number of rotatable bonds is 5. The number of aryl methyl sites for hydroxylation is 1. The Balaban J connectivity index is 2.54. The Labute approximate surface area is 134 Å². The van der Waals surface area contributed by atoms with Gasteiger partial charge >= 0.3 is 5.97 Å². The van der Waals surface area contributed by atoms with Gasteiger partial charge in [0.15, 0.2) is 11.5 Å². The average Bonchev–Trinajstić information content (AvgIpc) is 2.81. The van der Waals surface area contributed by atoms with Crippen LogP contribution in [0.2, 0.25) is 0 Å². The van der Waals surface area contributed by atoms with Crippen molar-refractivity contribution in [1.82, 2.24) is 4.98 Å². The van der Waals surface area contributed by atoms with Crippen molar-refractivity contribution in [3.63, 3.8) is 0 Å². The normalized spacial score (nSPS) is 10.5. The SMILES string of the molecule is CCOc1cc(-c2nc(C)c(C(=O)O)s2)cc(Br)c1OC.